The lowest BCUT2D eigenvalue weighted by molar-refractivity contribution is -0.116. The van der Waals surface area contributed by atoms with Crippen LogP contribution >= 0.6 is 0 Å². The van der Waals surface area contributed by atoms with Gasteiger partial charge in [0.2, 0.25) is 5.91 Å². The largest absolute Gasteiger partial charge is 0.353 e. The minimum atomic E-state index is -0.107. The first-order valence-corrected chi connectivity index (χ1v) is 10.7. The molecule has 0 bridgehead atoms. The molecule has 0 aliphatic carbocycles. The standard InChI is InChI=1S/C27H31NO/c1-3-5-6-8-22-12-15-26-20-25(17-16-24(26)19-22)23-13-10-21(11-14-23)9-7-18-28-27(29)4-2/h4,10-17,19-20H,2-3,5-9,18H2,1H3,(H,28,29). The smallest absolute Gasteiger partial charge is 0.243 e. The van der Waals surface area contributed by atoms with Gasteiger partial charge >= 0.3 is 0 Å². The van der Waals surface area contributed by atoms with E-state index in [0.29, 0.717) is 6.54 Å². The van der Waals surface area contributed by atoms with Gasteiger partial charge in [0.1, 0.15) is 0 Å². The molecule has 29 heavy (non-hydrogen) atoms. The third-order valence-corrected chi connectivity index (χ3v) is 5.39. The first-order chi connectivity index (χ1) is 14.2. The summed E-state index contributed by atoms with van der Waals surface area (Å²) in [5.74, 6) is -0.107. The molecule has 0 fully saturated rings. The molecule has 1 amide bonds. The highest BCUT2D eigenvalue weighted by Crippen LogP contribution is 2.26. The molecule has 0 aliphatic rings. The number of rotatable bonds is 10. The summed E-state index contributed by atoms with van der Waals surface area (Å²) in [5.41, 5.74) is 5.22. The van der Waals surface area contributed by atoms with Crippen molar-refractivity contribution in [3.8, 4) is 11.1 Å². The molecule has 2 heteroatoms. The second kappa shape index (κ2) is 10.6. The molecule has 1 N–H and O–H groups in total. The van der Waals surface area contributed by atoms with Crippen LogP contribution in [0.4, 0.5) is 0 Å². The molecule has 0 unspecified atom stereocenters. The molecule has 0 heterocycles. The Bertz CT molecular complexity index is 956. The van der Waals surface area contributed by atoms with Crippen LogP contribution in [0, 0.1) is 0 Å². The molecule has 0 spiro atoms. The van der Waals surface area contributed by atoms with Gasteiger partial charge in [0.15, 0.2) is 0 Å². The molecule has 3 aromatic rings. The molecule has 3 rings (SSSR count). The molecule has 150 valence electrons. The zero-order valence-corrected chi connectivity index (χ0v) is 17.4. The summed E-state index contributed by atoms with van der Waals surface area (Å²) in [4.78, 5) is 11.2. The van der Waals surface area contributed by atoms with Crippen LogP contribution in [0.15, 0.2) is 73.3 Å². The number of hydrogen-bond donors (Lipinski definition) is 1. The molecule has 0 radical (unpaired) electrons. The zero-order valence-electron chi connectivity index (χ0n) is 17.4. The molecule has 0 aromatic heterocycles. The van der Waals surface area contributed by atoms with E-state index in [1.165, 1.54) is 64.8 Å². The predicted octanol–water partition coefficient (Wildman–Crippen LogP) is 6.47. The minimum Gasteiger partial charge on any atom is -0.353 e. The maximum atomic E-state index is 11.2. The van der Waals surface area contributed by atoms with Crippen molar-refractivity contribution in [3.63, 3.8) is 0 Å². The minimum absolute atomic E-state index is 0.107. The third-order valence-electron chi connectivity index (χ3n) is 5.39. The number of amides is 1. The molecule has 0 saturated carbocycles. The number of unbranched alkanes of at least 4 members (excludes halogenated alkanes) is 2. The van der Waals surface area contributed by atoms with Crippen molar-refractivity contribution in [2.24, 2.45) is 0 Å². The van der Waals surface area contributed by atoms with Gasteiger partial charge in [-0.1, -0.05) is 80.9 Å². The SMILES string of the molecule is C=CC(=O)NCCCc1ccc(-c2ccc3cc(CCCCC)ccc3c2)cc1. The first-order valence-electron chi connectivity index (χ1n) is 10.7. The second-order valence-electron chi connectivity index (χ2n) is 7.65. The van der Waals surface area contributed by atoms with E-state index in [1.807, 2.05) is 0 Å². The van der Waals surface area contributed by atoms with E-state index >= 15 is 0 Å². The fraction of sp³-hybridized carbons (Fsp3) is 0.296. The quantitative estimate of drug-likeness (QED) is 0.314. The predicted molar refractivity (Wildman–Crippen MR) is 124 cm³/mol. The molecule has 0 atom stereocenters. The Labute approximate surface area is 174 Å². The van der Waals surface area contributed by atoms with E-state index in [0.717, 1.165) is 12.8 Å². The number of benzene rings is 3. The number of hydrogen-bond acceptors (Lipinski definition) is 1. The van der Waals surface area contributed by atoms with Crippen molar-refractivity contribution in [1.29, 1.82) is 0 Å². The van der Waals surface area contributed by atoms with Gasteiger partial charge in [-0.25, -0.2) is 0 Å². The number of fused-ring (bicyclic) bond motifs is 1. The molecule has 0 aliphatic heterocycles. The van der Waals surface area contributed by atoms with Crippen LogP contribution in [0.5, 0.6) is 0 Å². The van der Waals surface area contributed by atoms with E-state index in [-0.39, 0.29) is 5.91 Å². The van der Waals surface area contributed by atoms with Crippen LogP contribution in [0.2, 0.25) is 0 Å². The van der Waals surface area contributed by atoms with Gasteiger partial charge in [-0.2, -0.15) is 0 Å². The normalized spacial score (nSPS) is 10.8. The van der Waals surface area contributed by atoms with Gasteiger partial charge in [-0.15, -0.1) is 0 Å². The molecule has 3 aromatic carbocycles. The Morgan fingerprint density at radius 2 is 1.48 bits per heavy atom. The lowest BCUT2D eigenvalue weighted by Crippen LogP contribution is -2.22. The van der Waals surface area contributed by atoms with Crippen LogP contribution in [-0.4, -0.2) is 12.5 Å². The summed E-state index contributed by atoms with van der Waals surface area (Å²) < 4.78 is 0. The summed E-state index contributed by atoms with van der Waals surface area (Å²) in [6.07, 6.45) is 8.20. The fourth-order valence-electron chi connectivity index (χ4n) is 3.65. The summed E-state index contributed by atoms with van der Waals surface area (Å²) in [5, 5.41) is 5.43. The summed E-state index contributed by atoms with van der Waals surface area (Å²) >= 11 is 0. The van der Waals surface area contributed by atoms with Crippen LogP contribution in [-0.2, 0) is 17.6 Å². The van der Waals surface area contributed by atoms with Crippen molar-refractivity contribution in [3.05, 3.63) is 84.4 Å². The van der Waals surface area contributed by atoms with Gasteiger partial charge < -0.3 is 5.32 Å². The van der Waals surface area contributed by atoms with Crippen LogP contribution in [0.25, 0.3) is 21.9 Å². The van der Waals surface area contributed by atoms with Crippen molar-refractivity contribution in [1.82, 2.24) is 5.32 Å². The fourth-order valence-corrected chi connectivity index (χ4v) is 3.65. The van der Waals surface area contributed by atoms with Gasteiger partial charge in [0, 0.05) is 6.54 Å². The van der Waals surface area contributed by atoms with Crippen molar-refractivity contribution in [2.75, 3.05) is 6.54 Å². The van der Waals surface area contributed by atoms with E-state index in [9.17, 15) is 4.79 Å². The van der Waals surface area contributed by atoms with Gasteiger partial charge in [-0.3, -0.25) is 4.79 Å². The van der Waals surface area contributed by atoms with Crippen LogP contribution in [0.3, 0.4) is 0 Å². The zero-order chi connectivity index (χ0) is 20.5. The van der Waals surface area contributed by atoms with Crippen molar-refractivity contribution in [2.45, 2.75) is 45.4 Å². The highest BCUT2D eigenvalue weighted by molar-refractivity contribution is 5.88. The van der Waals surface area contributed by atoms with Crippen LogP contribution < -0.4 is 5.32 Å². The maximum absolute atomic E-state index is 11.2. The Morgan fingerprint density at radius 1 is 0.828 bits per heavy atom. The average molecular weight is 386 g/mol. The average Bonchev–Trinajstić information content (AvgIpc) is 2.76. The lowest BCUT2D eigenvalue weighted by Gasteiger charge is -2.08. The Kier molecular flexibility index (Phi) is 7.63. The van der Waals surface area contributed by atoms with Crippen LogP contribution in [0.1, 0.15) is 43.7 Å². The Balaban J connectivity index is 1.63. The van der Waals surface area contributed by atoms with E-state index in [2.05, 4.69) is 79.5 Å². The number of carbonyl (C=O) groups excluding carboxylic acids is 1. The third kappa shape index (κ3) is 6.05. The summed E-state index contributed by atoms with van der Waals surface area (Å²) in [7, 11) is 0. The molecular weight excluding hydrogens is 354 g/mol. The summed E-state index contributed by atoms with van der Waals surface area (Å²) in [6, 6.07) is 22.4. The van der Waals surface area contributed by atoms with Gasteiger partial charge in [0.05, 0.1) is 0 Å². The van der Waals surface area contributed by atoms with Crippen molar-refractivity contribution < 1.29 is 4.79 Å². The van der Waals surface area contributed by atoms with E-state index < -0.39 is 0 Å². The molecular formula is C27H31NO. The van der Waals surface area contributed by atoms with E-state index in [1.54, 1.807) is 0 Å². The van der Waals surface area contributed by atoms with Gasteiger partial charge in [-0.05, 0) is 70.9 Å². The lowest BCUT2D eigenvalue weighted by atomic mass is 9.97. The van der Waals surface area contributed by atoms with E-state index in [4.69, 9.17) is 0 Å². The van der Waals surface area contributed by atoms with Crippen molar-refractivity contribution >= 4 is 16.7 Å². The second-order valence-corrected chi connectivity index (χ2v) is 7.65. The van der Waals surface area contributed by atoms with Gasteiger partial charge in [0.25, 0.3) is 0 Å². The topological polar surface area (TPSA) is 29.1 Å². The highest BCUT2D eigenvalue weighted by atomic mass is 16.1. The number of carbonyl (C=O) groups is 1. The number of aryl methyl sites for hydroxylation is 2. The number of nitrogens with one attached hydrogen (secondary N) is 1. The Morgan fingerprint density at radius 3 is 2.24 bits per heavy atom. The molecule has 2 nitrogen and oxygen atoms in total. The molecule has 0 saturated heterocycles. The summed E-state index contributed by atoms with van der Waals surface area (Å²) in [6.45, 7) is 6.39. The monoisotopic (exact) mass is 385 g/mol. The first kappa shape index (κ1) is 20.9. The highest BCUT2D eigenvalue weighted by Gasteiger charge is 2.03. The Hall–Kier alpha value is -2.87. The maximum Gasteiger partial charge on any atom is 0.243 e.